The lowest BCUT2D eigenvalue weighted by Crippen LogP contribution is -2.32. The van der Waals surface area contributed by atoms with Crippen molar-refractivity contribution in [3.8, 4) is 5.75 Å². The number of rotatable bonds is 7. The average Bonchev–Trinajstić information content (AvgIpc) is 2.95. The zero-order chi connectivity index (χ0) is 15.1. The maximum atomic E-state index is 11.8. The highest BCUT2D eigenvalue weighted by atomic mass is 16.5. The molecule has 0 aromatic heterocycles. The Bertz CT molecular complexity index is 447. The summed E-state index contributed by atoms with van der Waals surface area (Å²) < 4.78 is 5.49. The number of aliphatic hydroxyl groups excluding tert-OH is 1. The van der Waals surface area contributed by atoms with Crippen molar-refractivity contribution in [3.05, 3.63) is 24.3 Å². The predicted molar refractivity (Wildman–Crippen MR) is 81.9 cm³/mol. The Kier molecular flexibility index (Phi) is 5.87. The number of amides is 1. The molecular formula is C16H24N2O3. The summed E-state index contributed by atoms with van der Waals surface area (Å²) >= 11 is 0. The van der Waals surface area contributed by atoms with Crippen molar-refractivity contribution in [1.82, 2.24) is 5.32 Å². The molecule has 0 radical (unpaired) electrons. The van der Waals surface area contributed by atoms with Crippen LogP contribution in [0.4, 0.5) is 5.69 Å². The van der Waals surface area contributed by atoms with Gasteiger partial charge < -0.3 is 20.9 Å². The van der Waals surface area contributed by atoms with Crippen LogP contribution in [0.5, 0.6) is 5.75 Å². The van der Waals surface area contributed by atoms with E-state index in [9.17, 15) is 9.90 Å². The first kappa shape index (κ1) is 15.6. The second-order valence-electron chi connectivity index (χ2n) is 5.61. The Morgan fingerprint density at radius 3 is 2.71 bits per heavy atom. The van der Waals surface area contributed by atoms with Crippen molar-refractivity contribution in [2.75, 3.05) is 25.5 Å². The molecule has 0 saturated heterocycles. The van der Waals surface area contributed by atoms with Crippen LogP contribution < -0.4 is 15.8 Å². The summed E-state index contributed by atoms with van der Waals surface area (Å²) in [7, 11) is 0. The molecule has 2 atom stereocenters. The van der Waals surface area contributed by atoms with Crippen LogP contribution >= 0.6 is 0 Å². The first-order valence-electron chi connectivity index (χ1n) is 7.55. The molecule has 2 unspecified atom stereocenters. The smallest absolute Gasteiger partial charge is 0.223 e. The lowest BCUT2D eigenvalue weighted by Gasteiger charge is -2.17. The summed E-state index contributed by atoms with van der Waals surface area (Å²) in [6.07, 6.45) is 3.64. The number of carbonyl (C=O) groups is 1. The van der Waals surface area contributed by atoms with Crippen molar-refractivity contribution in [1.29, 1.82) is 0 Å². The zero-order valence-electron chi connectivity index (χ0n) is 12.3. The van der Waals surface area contributed by atoms with Gasteiger partial charge in [0.15, 0.2) is 0 Å². The summed E-state index contributed by atoms with van der Waals surface area (Å²) in [6, 6.07) is 7.12. The summed E-state index contributed by atoms with van der Waals surface area (Å²) in [5.74, 6) is 1.47. The number of aliphatic hydroxyl groups is 1. The maximum absolute atomic E-state index is 11.8. The van der Waals surface area contributed by atoms with Crippen molar-refractivity contribution < 1.29 is 14.6 Å². The summed E-state index contributed by atoms with van der Waals surface area (Å²) in [5, 5.41) is 12.2. The minimum Gasteiger partial charge on any atom is -0.493 e. The van der Waals surface area contributed by atoms with E-state index in [4.69, 9.17) is 10.5 Å². The number of nitrogens with one attached hydrogen (secondary N) is 1. The zero-order valence-corrected chi connectivity index (χ0v) is 12.3. The molecule has 0 aliphatic heterocycles. The van der Waals surface area contributed by atoms with Gasteiger partial charge in [0.25, 0.3) is 0 Å². The van der Waals surface area contributed by atoms with Gasteiger partial charge in [-0.3, -0.25) is 4.79 Å². The minimum absolute atomic E-state index is 0.00552. The third-order valence-electron chi connectivity index (χ3n) is 4.09. The molecule has 116 valence electrons. The first-order chi connectivity index (χ1) is 10.2. The number of hydrogen-bond donors (Lipinski definition) is 3. The van der Waals surface area contributed by atoms with E-state index in [1.54, 1.807) is 24.3 Å². The first-order valence-corrected chi connectivity index (χ1v) is 7.55. The number of carbonyl (C=O) groups excluding carboxylic acids is 1. The molecule has 0 bridgehead atoms. The van der Waals surface area contributed by atoms with Crippen LogP contribution in [-0.2, 0) is 4.79 Å². The van der Waals surface area contributed by atoms with Gasteiger partial charge in [-0.05, 0) is 48.9 Å². The Hall–Kier alpha value is -1.75. The molecule has 1 saturated carbocycles. The van der Waals surface area contributed by atoms with Crippen LogP contribution in [0.15, 0.2) is 24.3 Å². The van der Waals surface area contributed by atoms with Gasteiger partial charge in [0.1, 0.15) is 5.75 Å². The van der Waals surface area contributed by atoms with Crippen molar-refractivity contribution in [2.45, 2.75) is 25.7 Å². The average molecular weight is 292 g/mol. The topological polar surface area (TPSA) is 84.6 Å². The van der Waals surface area contributed by atoms with Crippen molar-refractivity contribution >= 4 is 11.6 Å². The molecule has 1 amide bonds. The highest BCUT2D eigenvalue weighted by molar-refractivity contribution is 5.76. The van der Waals surface area contributed by atoms with Crippen LogP contribution in [0, 0.1) is 11.8 Å². The number of benzene rings is 1. The second kappa shape index (κ2) is 7.88. The van der Waals surface area contributed by atoms with Crippen LogP contribution in [0.2, 0.25) is 0 Å². The van der Waals surface area contributed by atoms with Gasteiger partial charge in [-0.15, -0.1) is 0 Å². The van der Waals surface area contributed by atoms with Gasteiger partial charge in [0.2, 0.25) is 5.91 Å². The van der Waals surface area contributed by atoms with E-state index in [2.05, 4.69) is 5.32 Å². The monoisotopic (exact) mass is 292 g/mol. The Morgan fingerprint density at radius 1 is 1.29 bits per heavy atom. The molecule has 2 rings (SSSR count). The van der Waals surface area contributed by atoms with Crippen LogP contribution in [0.1, 0.15) is 25.7 Å². The molecule has 4 N–H and O–H groups in total. The van der Waals surface area contributed by atoms with E-state index >= 15 is 0 Å². The maximum Gasteiger partial charge on any atom is 0.223 e. The van der Waals surface area contributed by atoms with Gasteiger partial charge in [-0.2, -0.15) is 0 Å². The highest BCUT2D eigenvalue weighted by Crippen LogP contribution is 2.30. The minimum atomic E-state index is -0.00552. The molecular weight excluding hydrogens is 268 g/mol. The largest absolute Gasteiger partial charge is 0.493 e. The van der Waals surface area contributed by atoms with E-state index < -0.39 is 0 Å². The molecule has 0 spiro atoms. The van der Waals surface area contributed by atoms with E-state index in [0.29, 0.717) is 42.8 Å². The SMILES string of the molecule is Nc1ccc(OCCC(=O)NCC2CCCC2CO)cc1. The fourth-order valence-corrected chi connectivity index (χ4v) is 2.78. The fourth-order valence-electron chi connectivity index (χ4n) is 2.78. The Labute approximate surface area is 125 Å². The quantitative estimate of drug-likeness (QED) is 0.666. The Morgan fingerprint density at radius 2 is 2.00 bits per heavy atom. The molecule has 5 heteroatoms. The number of nitrogen functional groups attached to an aromatic ring is 1. The number of anilines is 1. The second-order valence-corrected chi connectivity index (χ2v) is 5.61. The fraction of sp³-hybridized carbons (Fsp3) is 0.562. The highest BCUT2D eigenvalue weighted by Gasteiger charge is 2.26. The number of hydrogen-bond acceptors (Lipinski definition) is 4. The predicted octanol–water partition coefficient (Wildman–Crippen LogP) is 1.56. The van der Waals surface area contributed by atoms with Crippen molar-refractivity contribution in [3.63, 3.8) is 0 Å². The lowest BCUT2D eigenvalue weighted by atomic mass is 9.97. The van der Waals surface area contributed by atoms with E-state index in [-0.39, 0.29) is 12.5 Å². The molecule has 1 aliphatic carbocycles. The standard InChI is InChI=1S/C16H24N2O3/c17-14-4-6-15(7-5-14)21-9-8-16(20)18-10-12-2-1-3-13(12)11-19/h4-7,12-13,19H,1-3,8-11,17H2,(H,18,20). The lowest BCUT2D eigenvalue weighted by molar-refractivity contribution is -0.121. The van der Waals surface area contributed by atoms with Crippen LogP contribution in [0.25, 0.3) is 0 Å². The molecule has 5 nitrogen and oxygen atoms in total. The van der Waals surface area contributed by atoms with Gasteiger partial charge in [0, 0.05) is 18.8 Å². The third-order valence-corrected chi connectivity index (χ3v) is 4.09. The molecule has 1 fully saturated rings. The summed E-state index contributed by atoms with van der Waals surface area (Å²) in [6.45, 7) is 1.23. The third kappa shape index (κ3) is 4.93. The van der Waals surface area contributed by atoms with Gasteiger partial charge in [0.05, 0.1) is 13.0 Å². The van der Waals surface area contributed by atoms with E-state index in [1.165, 1.54) is 0 Å². The molecule has 1 aromatic carbocycles. The molecule has 0 heterocycles. The van der Waals surface area contributed by atoms with E-state index in [1.807, 2.05) is 0 Å². The van der Waals surface area contributed by atoms with Crippen molar-refractivity contribution in [2.24, 2.45) is 11.8 Å². The summed E-state index contributed by atoms with van der Waals surface area (Å²) in [4.78, 5) is 11.8. The van der Waals surface area contributed by atoms with Gasteiger partial charge >= 0.3 is 0 Å². The number of nitrogens with two attached hydrogens (primary N) is 1. The molecule has 1 aromatic rings. The Balaban J connectivity index is 1.62. The van der Waals surface area contributed by atoms with E-state index in [0.717, 1.165) is 19.3 Å². The van der Waals surface area contributed by atoms with Gasteiger partial charge in [-0.1, -0.05) is 6.42 Å². The molecule has 1 aliphatic rings. The molecule has 21 heavy (non-hydrogen) atoms. The number of ether oxygens (including phenoxy) is 1. The van der Waals surface area contributed by atoms with Crippen LogP contribution in [0.3, 0.4) is 0 Å². The van der Waals surface area contributed by atoms with Crippen LogP contribution in [-0.4, -0.2) is 30.8 Å². The van der Waals surface area contributed by atoms with Gasteiger partial charge in [-0.25, -0.2) is 0 Å². The summed E-state index contributed by atoms with van der Waals surface area (Å²) in [5.41, 5.74) is 6.28. The normalized spacial score (nSPS) is 21.2.